The summed E-state index contributed by atoms with van der Waals surface area (Å²) >= 11 is 0. The number of benzene rings is 1. The van der Waals surface area contributed by atoms with E-state index < -0.39 is 11.7 Å². The van der Waals surface area contributed by atoms with Gasteiger partial charge in [0.05, 0.1) is 12.2 Å². The van der Waals surface area contributed by atoms with Crippen molar-refractivity contribution in [2.75, 3.05) is 19.7 Å². The lowest BCUT2D eigenvalue weighted by Gasteiger charge is -2.22. The molecule has 0 saturated heterocycles. The molecule has 0 bridgehead atoms. The first-order valence-corrected chi connectivity index (χ1v) is 5.97. The second-order valence-electron chi connectivity index (χ2n) is 4.15. The summed E-state index contributed by atoms with van der Waals surface area (Å²) in [6.45, 7) is 3.19. The van der Waals surface area contributed by atoms with Crippen molar-refractivity contribution in [1.82, 2.24) is 4.90 Å². The summed E-state index contributed by atoms with van der Waals surface area (Å²) in [7, 11) is 0. The van der Waals surface area contributed by atoms with Crippen LogP contribution in [0, 0.1) is 0 Å². The molecule has 1 aromatic carbocycles. The Morgan fingerprint density at radius 2 is 1.83 bits per heavy atom. The molecule has 5 heteroatoms. The molecule has 0 atom stereocenters. The number of aliphatic hydroxyl groups is 1. The van der Waals surface area contributed by atoms with Gasteiger partial charge in [-0.2, -0.15) is 13.2 Å². The normalized spacial score (nSPS) is 12.1. The summed E-state index contributed by atoms with van der Waals surface area (Å²) in [5.41, 5.74) is -0.337. The maximum atomic E-state index is 12.8. The summed E-state index contributed by atoms with van der Waals surface area (Å²) in [5, 5.41) is 8.91. The highest BCUT2D eigenvalue weighted by Gasteiger charge is 2.33. The number of nitrogens with zero attached hydrogens (tertiary/aromatic N) is 1. The first kappa shape index (κ1) is 15.0. The SMILES string of the molecule is CCCN(CCO)Cc1ccccc1C(F)(F)F. The Morgan fingerprint density at radius 1 is 1.17 bits per heavy atom. The number of rotatable bonds is 6. The quantitative estimate of drug-likeness (QED) is 0.851. The highest BCUT2D eigenvalue weighted by molar-refractivity contribution is 5.29. The van der Waals surface area contributed by atoms with E-state index in [1.54, 1.807) is 6.07 Å². The largest absolute Gasteiger partial charge is 0.416 e. The molecule has 0 aliphatic heterocycles. The minimum Gasteiger partial charge on any atom is -0.395 e. The average Bonchev–Trinajstić information content (AvgIpc) is 2.29. The number of aliphatic hydroxyl groups excluding tert-OH is 1. The second-order valence-corrected chi connectivity index (χ2v) is 4.15. The lowest BCUT2D eigenvalue weighted by atomic mass is 10.1. The number of hydrogen-bond donors (Lipinski definition) is 1. The van der Waals surface area contributed by atoms with E-state index in [1.165, 1.54) is 12.1 Å². The van der Waals surface area contributed by atoms with Crippen molar-refractivity contribution in [3.8, 4) is 0 Å². The molecule has 2 nitrogen and oxygen atoms in total. The summed E-state index contributed by atoms with van der Waals surface area (Å²) < 4.78 is 38.4. The maximum absolute atomic E-state index is 12.8. The fourth-order valence-electron chi connectivity index (χ4n) is 1.90. The van der Waals surface area contributed by atoms with E-state index in [-0.39, 0.29) is 18.7 Å². The van der Waals surface area contributed by atoms with Crippen LogP contribution in [0.2, 0.25) is 0 Å². The number of halogens is 3. The van der Waals surface area contributed by atoms with E-state index in [1.807, 2.05) is 11.8 Å². The molecule has 0 saturated carbocycles. The Labute approximate surface area is 105 Å². The maximum Gasteiger partial charge on any atom is 0.416 e. The Bertz CT molecular complexity index is 359. The predicted octanol–water partition coefficient (Wildman–Crippen LogP) is 2.91. The van der Waals surface area contributed by atoms with E-state index in [4.69, 9.17) is 5.11 Å². The van der Waals surface area contributed by atoms with Crippen LogP contribution in [0.3, 0.4) is 0 Å². The molecule has 0 aliphatic carbocycles. The van der Waals surface area contributed by atoms with Crippen LogP contribution >= 0.6 is 0 Å². The van der Waals surface area contributed by atoms with Crippen LogP contribution in [0.4, 0.5) is 13.2 Å². The summed E-state index contributed by atoms with van der Waals surface area (Å²) in [6.07, 6.45) is -3.48. The molecule has 0 aliphatic rings. The van der Waals surface area contributed by atoms with Gasteiger partial charge in [0.1, 0.15) is 0 Å². The standard InChI is InChI=1S/C13H18F3NO/c1-2-7-17(8-9-18)10-11-5-3-4-6-12(11)13(14,15)16/h3-6,18H,2,7-10H2,1H3. The van der Waals surface area contributed by atoms with Gasteiger partial charge in [-0.3, -0.25) is 4.90 Å². The third-order valence-electron chi connectivity index (χ3n) is 2.67. The van der Waals surface area contributed by atoms with E-state index in [2.05, 4.69) is 0 Å². The minimum atomic E-state index is -4.33. The number of alkyl halides is 3. The zero-order chi connectivity index (χ0) is 13.6. The average molecular weight is 261 g/mol. The molecule has 1 N–H and O–H groups in total. The third-order valence-corrected chi connectivity index (χ3v) is 2.67. The summed E-state index contributed by atoms with van der Waals surface area (Å²) in [4.78, 5) is 1.82. The van der Waals surface area contributed by atoms with Crippen LogP contribution in [0.25, 0.3) is 0 Å². The molecule has 0 fully saturated rings. The van der Waals surface area contributed by atoms with Gasteiger partial charge in [-0.15, -0.1) is 0 Å². The first-order valence-electron chi connectivity index (χ1n) is 5.97. The Morgan fingerprint density at radius 3 is 2.39 bits per heavy atom. The van der Waals surface area contributed by atoms with Gasteiger partial charge in [-0.25, -0.2) is 0 Å². The molecular formula is C13H18F3NO. The lowest BCUT2D eigenvalue weighted by Crippen LogP contribution is -2.28. The molecule has 0 aromatic heterocycles. The van der Waals surface area contributed by atoms with Crippen LogP contribution in [0.15, 0.2) is 24.3 Å². The topological polar surface area (TPSA) is 23.5 Å². The molecule has 102 valence electrons. The third kappa shape index (κ3) is 4.31. The fraction of sp³-hybridized carbons (Fsp3) is 0.538. The van der Waals surface area contributed by atoms with Crippen molar-refractivity contribution in [3.05, 3.63) is 35.4 Å². The molecule has 0 spiro atoms. The zero-order valence-corrected chi connectivity index (χ0v) is 10.4. The molecule has 0 unspecified atom stereocenters. The van der Waals surface area contributed by atoms with Crippen LogP contribution in [0.5, 0.6) is 0 Å². The van der Waals surface area contributed by atoms with Crippen LogP contribution in [-0.4, -0.2) is 29.7 Å². The Balaban J connectivity index is 2.88. The molecule has 18 heavy (non-hydrogen) atoms. The van der Waals surface area contributed by atoms with E-state index in [9.17, 15) is 13.2 Å². The van der Waals surface area contributed by atoms with Crippen molar-refractivity contribution in [2.24, 2.45) is 0 Å². The highest BCUT2D eigenvalue weighted by atomic mass is 19.4. The zero-order valence-electron chi connectivity index (χ0n) is 10.4. The van der Waals surface area contributed by atoms with Crippen LogP contribution in [-0.2, 0) is 12.7 Å². The van der Waals surface area contributed by atoms with Gasteiger partial charge in [-0.1, -0.05) is 25.1 Å². The molecule has 0 amide bonds. The van der Waals surface area contributed by atoms with Crippen molar-refractivity contribution >= 4 is 0 Å². The molecule has 1 aromatic rings. The fourth-order valence-corrected chi connectivity index (χ4v) is 1.90. The van der Waals surface area contributed by atoms with Gasteiger partial charge >= 0.3 is 6.18 Å². The van der Waals surface area contributed by atoms with E-state index >= 15 is 0 Å². The molecular weight excluding hydrogens is 243 g/mol. The van der Waals surface area contributed by atoms with Crippen molar-refractivity contribution in [3.63, 3.8) is 0 Å². The second kappa shape index (κ2) is 6.75. The van der Waals surface area contributed by atoms with Crippen molar-refractivity contribution < 1.29 is 18.3 Å². The van der Waals surface area contributed by atoms with Gasteiger partial charge in [0.15, 0.2) is 0 Å². The smallest absolute Gasteiger partial charge is 0.395 e. The number of hydrogen-bond acceptors (Lipinski definition) is 2. The molecule has 1 rings (SSSR count). The minimum absolute atomic E-state index is 0.0474. The highest BCUT2D eigenvalue weighted by Crippen LogP contribution is 2.32. The molecule has 0 heterocycles. The monoisotopic (exact) mass is 261 g/mol. The van der Waals surface area contributed by atoms with Crippen LogP contribution < -0.4 is 0 Å². The first-order chi connectivity index (χ1) is 8.49. The van der Waals surface area contributed by atoms with Gasteiger partial charge in [0.25, 0.3) is 0 Å². The van der Waals surface area contributed by atoms with E-state index in [0.717, 1.165) is 12.5 Å². The van der Waals surface area contributed by atoms with Gasteiger partial charge in [-0.05, 0) is 24.6 Å². The van der Waals surface area contributed by atoms with E-state index in [0.29, 0.717) is 13.1 Å². The Hall–Kier alpha value is -1.07. The summed E-state index contributed by atoms with van der Waals surface area (Å²) in [5.74, 6) is 0. The Kier molecular flexibility index (Phi) is 5.62. The molecule has 0 radical (unpaired) electrons. The van der Waals surface area contributed by atoms with Gasteiger partial charge < -0.3 is 5.11 Å². The van der Waals surface area contributed by atoms with Gasteiger partial charge in [0, 0.05) is 13.1 Å². The van der Waals surface area contributed by atoms with Crippen molar-refractivity contribution in [1.29, 1.82) is 0 Å². The van der Waals surface area contributed by atoms with Crippen molar-refractivity contribution in [2.45, 2.75) is 26.1 Å². The van der Waals surface area contributed by atoms with Gasteiger partial charge in [0.2, 0.25) is 0 Å². The lowest BCUT2D eigenvalue weighted by molar-refractivity contribution is -0.138. The van der Waals surface area contributed by atoms with Crippen LogP contribution in [0.1, 0.15) is 24.5 Å². The predicted molar refractivity (Wildman–Crippen MR) is 64.1 cm³/mol. The summed E-state index contributed by atoms with van der Waals surface area (Å²) in [6, 6.07) is 5.58.